The van der Waals surface area contributed by atoms with E-state index in [2.05, 4.69) is 4.90 Å². The Labute approximate surface area is 128 Å². The Bertz CT molecular complexity index is 667. The number of hydrogen-bond donors (Lipinski definition) is 1. The van der Waals surface area contributed by atoms with Crippen molar-refractivity contribution in [1.29, 1.82) is 0 Å². The van der Waals surface area contributed by atoms with E-state index in [1.165, 1.54) is 5.56 Å². The maximum Gasteiger partial charge on any atom is 0.336 e. The molecule has 0 fully saturated rings. The Morgan fingerprint density at radius 1 is 1.19 bits per heavy atom. The van der Waals surface area contributed by atoms with Gasteiger partial charge in [0.15, 0.2) is 0 Å². The average Bonchev–Trinajstić information content (AvgIpc) is 2.49. The second kappa shape index (κ2) is 5.88. The normalized spacial score (nSPS) is 14.7. The first-order valence-corrected chi connectivity index (χ1v) is 7.32. The molecule has 0 saturated carbocycles. The first-order chi connectivity index (χ1) is 10.1. The summed E-state index contributed by atoms with van der Waals surface area (Å²) in [4.78, 5) is 13.6. The summed E-state index contributed by atoms with van der Waals surface area (Å²) in [7, 11) is 0. The maximum atomic E-state index is 11.3. The quantitative estimate of drug-likeness (QED) is 0.942. The van der Waals surface area contributed by atoms with Crippen LogP contribution in [0, 0.1) is 0 Å². The van der Waals surface area contributed by atoms with E-state index in [1.807, 2.05) is 36.4 Å². The molecule has 3 rings (SSSR count). The maximum absolute atomic E-state index is 11.3. The zero-order chi connectivity index (χ0) is 14.8. The summed E-state index contributed by atoms with van der Waals surface area (Å²) < 4.78 is 0. The Balaban J connectivity index is 1.80. The van der Waals surface area contributed by atoms with Crippen molar-refractivity contribution in [3.63, 3.8) is 0 Å². The van der Waals surface area contributed by atoms with Crippen LogP contribution in [-0.4, -0.2) is 22.5 Å². The van der Waals surface area contributed by atoms with E-state index >= 15 is 0 Å². The van der Waals surface area contributed by atoms with Gasteiger partial charge < -0.3 is 5.11 Å². The number of aromatic carboxylic acids is 1. The molecule has 1 aliphatic heterocycles. The minimum atomic E-state index is -0.847. The van der Waals surface area contributed by atoms with Crippen LogP contribution in [0.25, 0.3) is 0 Å². The van der Waals surface area contributed by atoms with Crippen molar-refractivity contribution < 1.29 is 9.90 Å². The average molecular weight is 302 g/mol. The Morgan fingerprint density at radius 2 is 1.95 bits per heavy atom. The SMILES string of the molecule is O=C(O)c1cccc2c1CN(Cc1ccc(Cl)cc1)CC2. The molecular weight excluding hydrogens is 286 g/mol. The monoisotopic (exact) mass is 301 g/mol. The van der Waals surface area contributed by atoms with E-state index in [9.17, 15) is 9.90 Å². The number of fused-ring (bicyclic) bond motifs is 1. The molecule has 2 aromatic carbocycles. The summed E-state index contributed by atoms with van der Waals surface area (Å²) in [5.74, 6) is -0.847. The summed E-state index contributed by atoms with van der Waals surface area (Å²) in [6, 6.07) is 13.3. The third kappa shape index (κ3) is 3.09. The highest BCUT2D eigenvalue weighted by molar-refractivity contribution is 6.30. The lowest BCUT2D eigenvalue weighted by Gasteiger charge is -2.29. The molecule has 0 amide bonds. The van der Waals surface area contributed by atoms with Gasteiger partial charge in [0.2, 0.25) is 0 Å². The number of carboxylic acids is 1. The summed E-state index contributed by atoms with van der Waals surface area (Å²) in [6.07, 6.45) is 0.893. The van der Waals surface area contributed by atoms with Gasteiger partial charge in [-0.3, -0.25) is 4.90 Å². The van der Waals surface area contributed by atoms with Crippen molar-refractivity contribution in [2.24, 2.45) is 0 Å². The van der Waals surface area contributed by atoms with Crippen molar-refractivity contribution >= 4 is 17.6 Å². The van der Waals surface area contributed by atoms with Gasteiger partial charge in [0.05, 0.1) is 5.56 Å². The lowest BCUT2D eigenvalue weighted by molar-refractivity contribution is 0.0693. The molecule has 4 heteroatoms. The van der Waals surface area contributed by atoms with Crippen LogP contribution in [0.15, 0.2) is 42.5 Å². The van der Waals surface area contributed by atoms with Crippen LogP contribution >= 0.6 is 11.6 Å². The minimum Gasteiger partial charge on any atom is -0.478 e. The van der Waals surface area contributed by atoms with Gasteiger partial charge in [-0.15, -0.1) is 0 Å². The van der Waals surface area contributed by atoms with Crippen molar-refractivity contribution in [2.75, 3.05) is 6.54 Å². The van der Waals surface area contributed by atoms with Gasteiger partial charge in [0.1, 0.15) is 0 Å². The second-order valence-corrected chi connectivity index (χ2v) is 5.77. The van der Waals surface area contributed by atoms with Crippen LogP contribution in [0.5, 0.6) is 0 Å². The van der Waals surface area contributed by atoms with Gasteiger partial charge >= 0.3 is 5.97 Å². The predicted octanol–water partition coefficient (Wildman–Crippen LogP) is 3.60. The first-order valence-electron chi connectivity index (χ1n) is 6.94. The van der Waals surface area contributed by atoms with E-state index in [-0.39, 0.29) is 0 Å². The van der Waals surface area contributed by atoms with Gasteiger partial charge in [-0.1, -0.05) is 35.9 Å². The minimum absolute atomic E-state index is 0.424. The van der Waals surface area contributed by atoms with Crippen molar-refractivity contribution in [1.82, 2.24) is 4.90 Å². The van der Waals surface area contributed by atoms with Gasteiger partial charge in [-0.2, -0.15) is 0 Å². The van der Waals surface area contributed by atoms with Crippen molar-refractivity contribution in [3.05, 3.63) is 69.7 Å². The molecule has 0 radical (unpaired) electrons. The van der Waals surface area contributed by atoms with Gasteiger partial charge in [-0.05, 0) is 41.3 Å². The molecular formula is C17H16ClNO2. The third-order valence-corrected chi connectivity index (χ3v) is 4.15. The lowest BCUT2D eigenvalue weighted by Crippen LogP contribution is -2.31. The molecule has 2 aromatic rings. The highest BCUT2D eigenvalue weighted by atomic mass is 35.5. The zero-order valence-corrected chi connectivity index (χ0v) is 12.3. The summed E-state index contributed by atoms with van der Waals surface area (Å²) in [6.45, 7) is 2.43. The molecule has 0 spiro atoms. The van der Waals surface area contributed by atoms with Crippen molar-refractivity contribution in [2.45, 2.75) is 19.5 Å². The molecule has 0 aliphatic carbocycles. The second-order valence-electron chi connectivity index (χ2n) is 5.34. The van der Waals surface area contributed by atoms with Gasteiger partial charge in [0.25, 0.3) is 0 Å². The van der Waals surface area contributed by atoms with E-state index in [0.29, 0.717) is 12.1 Å². The van der Waals surface area contributed by atoms with Crippen LogP contribution in [0.1, 0.15) is 27.0 Å². The van der Waals surface area contributed by atoms with Gasteiger partial charge in [-0.25, -0.2) is 4.79 Å². The molecule has 1 N–H and O–H groups in total. The molecule has 0 bridgehead atoms. The number of halogens is 1. The third-order valence-electron chi connectivity index (χ3n) is 3.90. The summed E-state index contributed by atoms with van der Waals surface area (Å²) in [5.41, 5.74) is 3.72. The standard InChI is InChI=1S/C17H16ClNO2/c18-14-6-4-12(5-7-14)10-19-9-8-13-2-1-3-15(17(20)21)16(13)11-19/h1-7H,8-11H2,(H,20,21). The van der Waals surface area contributed by atoms with Crippen LogP contribution in [0.2, 0.25) is 5.02 Å². The Kier molecular flexibility index (Phi) is 3.95. The molecule has 0 saturated heterocycles. The number of nitrogens with zero attached hydrogens (tertiary/aromatic N) is 1. The number of hydrogen-bond acceptors (Lipinski definition) is 2. The Morgan fingerprint density at radius 3 is 2.67 bits per heavy atom. The number of rotatable bonds is 3. The highest BCUT2D eigenvalue weighted by Crippen LogP contribution is 2.24. The fourth-order valence-electron chi connectivity index (χ4n) is 2.82. The molecule has 0 atom stereocenters. The number of carbonyl (C=O) groups is 1. The van der Waals surface area contributed by atoms with E-state index in [1.54, 1.807) is 6.07 Å². The summed E-state index contributed by atoms with van der Waals surface area (Å²) >= 11 is 5.90. The predicted molar refractivity (Wildman–Crippen MR) is 82.7 cm³/mol. The molecule has 3 nitrogen and oxygen atoms in total. The number of benzene rings is 2. The lowest BCUT2D eigenvalue weighted by atomic mass is 9.94. The summed E-state index contributed by atoms with van der Waals surface area (Å²) in [5, 5.41) is 10.0. The molecule has 0 unspecified atom stereocenters. The van der Waals surface area contributed by atoms with Crippen molar-refractivity contribution in [3.8, 4) is 0 Å². The Hall–Kier alpha value is -1.84. The fourth-order valence-corrected chi connectivity index (χ4v) is 2.95. The zero-order valence-electron chi connectivity index (χ0n) is 11.6. The van der Waals surface area contributed by atoms with E-state index < -0.39 is 5.97 Å². The van der Waals surface area contributed by atoms with Crippen LogP contribution in [0.3, 0.4) is 0 Å². The smallest absolute Gasteiger partial charge is 0.336 e. The molecule has 0 aromatic heterocycles. The van der Waals surface area contributed by atoms with Crippen LogP contribution in [0.4, 0.5) is 0 Å². The fraction of sp³-hybridized carbons (Fsp3) is 0.235. The molecule has 21 heavy (non-hydrogen) atoms. The first kappa shape index (κ1) is 14.1. The van der Waals surface area contributed by atoms with Crippen LogP contribution in [-0.2, 0) is 19.5 Å². The topological polar surface area (TPSA) is 40.5 Å². The highest BCUT2D eigenvalue weighted by Gasteiger charge is 2.21. The largest absolute Gasteiger partial charge is 0.478 e. The molecule has 108 valence electrons. The van der Waals surface area contributed by atoms with Gasteiger partial charge in [0, 0.05) is 24.7 Å². The van der Waals surface area contributed by atoms with Crippen LogP contribution < -0.4 is 0 Å². The number of carboxylic acid groups (broad SMARTS) is 1. The van der Waals surface area contributed by atoms with E-state index in [0.717, 1.165) is 35.7 Å². The van der Waals surface area contributed by atoms with E-state index in [4.69, 9.17) is 11.6 Å². The molecule has 1 aliphatic rings. The molecule has 1 heterocycles.